The van der Waals surface area contributed by atoms with E-state index in [1.54, 1.807) is 19.1 Å². The predicted molar refractivity (Wildman–Crippen MR) is 72.1 cm³/mol. The monoisotopic (exact) mass is 280 g/mol. The number of nitro benzene ring substituents is 1. The maximum atomic E-state index is 10.8. The van der Waals surface area contributed by atoms with Crippen LogP contribution >= 0.6 is 11.6 Å². The average molecular weight is 281 g/mol. The van der Waals surface area contributed by atoms with Crippen LogP contribution in [0, 0.1) is 17.0 Å². The molecule has 0 N–H and O–H groups in total. The second-order valence-corrected chi connectivity index (χ2v) is 4.34. The number of aromatic nitrogens is 3. The lowest BCUT2D eigenvalue weighted by Gasteiger charge is -2.06. The lowest BCUT2D eigenvalue weighted by molar-refractivity contribution is -0.385. The molecule has 0 aliphatic carbocycles. The molecule has 0 radical (unpaired) electrons. The number of benzene rings is 1. The summed E-state index contributed by atoms with van der Waals surface area (Å²) in [4.78, 5) is 10.4. The van der Waals surface area contributed by atoms with Crippen LogP contribution in [-0.2, 0) is 12.4 Å². The van der Waals surface area contributed by atoms with Gasteiger partial charge in [0, 0.05) is 23.7 Å². The Kier molecular flexibility index (Phi) is 3.80. The molecule has 2 rings (SSSR count). The Labute approximate surface area is 115 Å². The zero-order chi connectivity index (χ0) is 14.0. The molecule has 0 unspecified atom stereocenters. The van der Waals surface area contributed by atoms with Gasteiger partial charge in [-0.3, -0.25) is 10.1 Å². The van der Waals surface area contributed by atoms with E-state index >= 15 is 0 Å². The van der Waals surface area contributed by atoms with Crippen molar-refractivity contribution in [2.24, 2.45) is 0 Å². The Bertz CT molecular complexity index is 624. The van der Waals surface area contributed by atoms with Gasteiger partial charge in [-0.25, -0.2) is 0 Å². The van der Waals surface area contributed by atoms with Crippen LogP contribution in [-0.4, -0.2) is 19.7 Å². The van der Waals surface area contributed by atoms with E-state index in [4.69, 9.17) is 11.6 Å². The third-order valence-corrected chi connectivity index (χ3v) is 3.15. The van der Waals surface area contributed by atoms with E-state index in [0.717, 1.165) is 5.56 Å². The summed E-state index contributed by atoms with van der Waals surface area (Å²) >= 11 is 5.80. The standard InChI is InChI=1S/C12H13ClN4O2/c1-3-16-11(7-13)14-15-12(16)9-4-5-10(17(18)19)8(2)6-9/h4-6H,3,7H2,1-2H3. The fraction of sp³-hybridized carbons (Fsp3) is 0.333. The first kappa shape index (κ1) is 13.5. The minimum atomic E-state index is -0.395. The quantitative estimate of drug-likeness (QED) is 0.490. The van der Waals surface area contributed by atoms with E-state index in [2.05, 4.69) is 10.2 Å². The summed E-state index contributed by atoms with van der Waals surface area (Å²) in [6.45, 7) is 4.37. The number of aryl methyl sites for hydroxylation is 1. The van der Waals surface area contributed by atoms with Crippen molar-refractivity contribution >= 4 is 17.3 Å². The molecule has 0 spiro atoms. The SMILES string of the molecule is CCn1c(CCl)nnc1-c1ccc([N+](=O)[O-])c(C)c1. The number of alkyl halides is 1. The molecule has 0 bridgehead atoms. The summed E-state index contributed by atoms with van der Waals surface area (Å²) in [5, 5.41) is 18.9. The average Bonchev–Trinajstić information content (AvgIpc) is 2.80. The van der Waals surface area contributed by atoms with Crippen LogP contribution in [0.2, 0.25) is 0 Å². The number of hydrogen-bond donors (Lipinski definition) is 0. The molecule has 1 aromatic carbocycles. The Morgan fingerprint density at radius 1 is 1.42 bits per heavy atom. The van der Waals surface area contributed by atoms with E-state index < -0.39 is 4.92 Å². The van der Waals surface area contributed by atoms with Gasteiger partial charge >= 0.3 is 0 Å². The van der Waals surface area contributed by atoms with Crippen LogP contribution in [0.1, 0.15) is 18.3 Å². The largest absolute Gasteiger partial charge is 0.310 e. The number of nitrogens with zero attached hydrogens (tertiary/aromatic N) is 4. The molecule has 0 saturated heterocycles. The zero-order valence-electron chi connectivity index (χ0n) is 10.6. The van der Waals surface area contributed by atoms with Crippen molar-refractivity contribution in [2.75, 3.05) is 0 Å². The molecule has 0 aliphatic heterocycles. The summed E-state index contributed by atoms with van der Waals surface area (Å²) in [6.07, 6.45) is 0. The summed E-state index contributed by atoms with van der Waals surface area (Å²) in [7, 11) is 0. The number of halogens is 1. The second kappa shape index (κ2) is 5.36. The lowest BCUT2D eigenvalue weighted by Crippen LogP contribution is -2.02. The van der Waals surface area contributed by atoms with Crippen molar-refractivity contribution < 1.29 is 4.92 Å². The highest BCUT2D eigenvalue weighted by molar-refractivity contribution is 6.16. The third kappa shape index (κ3) is 2.44. The molecule has 19 heavy (non-hydrogen) atoms. The van der Waals surface area contributed by atoms with E-state index in [9.17, 15) is 10.1 Å². The zero-order valence-corrected chi connectivity index (χ0v) is 11.4. The molecule has 100 valence electrons. The highest BCUT2D eigenvalue weighted by Gasteiger charge is 2.15. The highest BCUT2D eigenvalue weighted by Crippen LogP contribution is 2.25. The number of rotatable bonds is 4. The Balaban J connectivity index is 2.51. The number of nitro groups is 1. The van der Waals surface area contributed by atoms with Crippen molar-refractivity contribution in [3.05, 3.63) is 39.7 Å². The van der Waals surface area contributed by atoms with Gasteiger partial charge in [0.15, 0.2) is 5.82 Å². The van der Waals surface area contributed by atoms with Gasteiger partial charge < -0.3 is 4.57 Å². The maximum absolute atomic E-state index is 10.8. The Morgan fingerprint density at radius 3 is 2.68 bits per heavy atom. The molecule has 6 nitrogen and oxygen atoms in total. The molecule has 0 atom stereocenters. The lowest BCUT2D eigenvalue weighted by atomic mass is 10.1. The van der Waals surface area contributed by atoms with Crippen molar-refractivity contribution in [3.63, 3.8) is 0 Å². The fourth-order valence-electron chi connectivity index (χ4n) is 1.98. The number of hydrogen-bond acceptors (Lipinski definition) is 4. The van der Waals surface area contributed by atoms with E-state index in [-0.39, 0.29) is 11.6 Å². The van der Waals surface area contributed by atoms with Crippen LogP contribution in [0.5, 0.6) is 0 Å². The fourth-order valence-corrected chi connectivity index (χ4v) is 2.18. The molecule has 1 aromatic heterocycles. The van der Waals surface area contributed by atoms with Crippen LogP contribution in [0.15, 0.2) is 18.2 Å². The molecule has 7 heteroatoms. The van der Waals surface area contributed by atoms with E-state index in [0.29, 0.717) is 23.8 Å². The van der Waals surface area contributed by atoms with E-state index in [1.807, 2.05) is 11.5 Å². The molecule has 2 aromatic rings. The summed E-state index contributed by atoms with van der Waals surface area (Å²) < 4.78 is 1.90. The van der Waals surface area contributed by atoms with Crippen LogP contribution < -0.4 is 0 Å². The van der Waals surface area contributed by atoms with Crippen LogP contribution in [0.3, 0.4) is 0 Å². The molecular weight excluding hydrogens is 268 g/mol. The van der Waals surface area contributed by atoms with Gasteiger partial charge in [-0.1, -0.05) is 0 Å². The molecule has 1 heterocycles. The topological polar surface area (TPSA) is 73.8 Å². The minimum Gasteiger partial charge on any atom is -0.310 e. The summed E-state index contributed by atoms with van der Waals surface area (Å²) in [5.41, 5.74) is 1.50. The predicted octanol–water partition coefficient (Wildman–Crippen LogP) is 2.92. The van der Waals surface area contributed by atoms with Gasteiger partial charge in [0.1, 0.15) is 5.82 Å². The maximum Gasteiger partial charge on any atom is 0.272 e. The minimum absolute atomic E-state index is 0.101. The summed E-state index contributed by atoms with van der Waals surface area (Å²) in [5.74, 6) is 1.65. The van der Waals surface area contributed by atoms with Gasteiger partial charge in [-0.15, -0.1) is 21.8 Å². The van der Waals surface area contributed by atoms with Crippen LogP contribution in [0.4, 0.5) is 5.69 Å². The van der Waals surface area contributed by atoms with Gasteiger partial charge in [0.05, 0.1) is 10.8 Å². The van der Waals surface area contributed by atoms with Crippen molar-refractivity contribution in [1.82, 2.24) is 14.8 Å². The summed E-state index contributed by atoms with van der Waals surface area (Å²) in [6, 6.07) is 4.91. The van der Waals surface area contributed by atoms with Crippen molar-refractivity contribution in [2.45, 2.75) is 26.3 Å². The van der Waals surface area contributed by atoms with Crippen molar-refractivity contribution in [1.29, 1.82) is 0 Å². The first-order valence-corrected chi connectivity index (χ1v) is 6.35. The van der Waals surface area contributed by atoms with Crippen molar-refractivity contribution in [3.8, 4) is 11.4 Å². The highest BCUT2D eigenvalue weighted by atomic mass is 35.5. The van der Waals surface area contributed by atoms with Gasteiger partial charge in [-0.2, -0.15) is 0 Å². The van der Waals surface area contributed by atoms with E-state index in [1.165, 1.54) is 6.07 Å². The third-order valence-electron chi connectivity index (χ3n) is 2.91. The smallest absolute Gasteiger partial charge is 0.272 e. The molecule has 0 saturated carbocycles. The van der Waals surface area contributed by atoms with Crippen LogP contribution in [0.25, 0.3) is 11.4 Å². The molecular formula is C12H13ClN4O2. The molecule has 0 fully saturated rings. The first-order valence-electron chi connectivity index (χ1n) is 5.82. The normalized spacial score (nSPS) is 10.7. The first-order chi connectivity index (χ1) is 9.08. The van der Waals surface area contributed by atoms with Gasteiger partial charge in [-0.05, 0) is 26.0 Å². The van der Waals surface area contributed by atoms with Gasteiger partial charge in [0.2, 0.25) is 0 Å². The molecule has 0 aliphatic rings. The van der Waals surface area contributed by atoms with Gasteiger partial charge in [0.25, 0.3) is 5.69 Å². The second-order valence-electron chi connectivity index (χ2n) is 4.08. The Hall–Kier alpha value is -1.95. The Morgan fingerprint density at radius 2 is 2.16 bits per heavy atom. The molecule has 0 amide bonds.